The largest absolute Gasteiger partial charge is 0.480 e. The Morgan fingerprint density at radius 3 is 2.50 bits per heavy atom. The molecule has 0 saturated heterocycles. The Balaban J connectivity index is 2.03. The first-order valence-corrected chi connectivity index (χ1v) is 7.67. The van der Waals surface area contributed by atoms with Crippen molar-refractivity contribution in [2.75, 3.05) is 0 Å². The van der Waals surface area contributed by atoms with E-state index in [1.807, 2.05) is 0 Å². The van der Waals surface area contributed by atoms with Crippen LogP contribution in [0.15, 0.2) is 0 Å². The first-order chi connectivity index (χ1) is 8.66. The van der Waals surface area contributed by atoms with Crippen molar-refractivity contribution in [1.82, 2.24) is 5.32 Å². The minimum atomic E-state index is -0.626. The fourth-order valence-electron chi connectivity index (χ4n) is 3.70. The predicted molar refractivity (Wildman–Crippen MR) is 72.6 cm³/mol. The molecule has 2 N–H and O–H groups in total. The number of carboxylic acid groups (broad SMARTS) is 1. The van der Waals surface area contributed by atoms with Crippen LogP contribution in [-0.2, 0) is 4.79 Å². The summed E-state index contributed by atoms with van der Waals surface area (Å²) in [5, 5.41) is 13.2. The zero-order valence-electron chi connectivity index (χ0n) is 11.6. The van der Waals surface area contributed by atoms with E-state index in [1.165, 1.54) is 25.7 Å². The van der Waals surface area contributed by atoms with Crippen LogP contribution < -0.4 is 5.32 Å². The number of nitrogens with one attached hydrogen (secondary N) is 1. The summed E-state index contributed by atoms with van der Waals surface area (Å²) in [6, 6.07) is 0.444. The van der Waals surface area contributed by atoms with Crippen molar-refractivity contribution in [1.29, 1.82) is 0 Å². The van der Waals surface area contributed by atoms with Gasteiger partial charge in [0.2, 0.25) is 0 Å². The van der Waals surface area contributed by atoms with Gasteiger partial charge >= 0.3 is 5.97 Å². The van der Waals surface area contributed by atoms with E-state index in [0.29, 0.717) is 6.04 Å². The lowest BCUT2D eigenvalue weighted by Crippen LogP contribution is -2.55. The van der Waals surface area contributed by atoms with E-state index in [1.54, 1.807) is 0 Å². The maximum atomic E-state index is 11.7. The molecular formula is C15H27NO2. The van der Waals surface area contributed by atoms with Crippen LogP contribution in [0.5, 0.6) is 0 Å². The lowest BCUT2D eigenvalue weighted by Gasteiger charge is -2.32. The molecule has 0 bridgehead atoms. The van der Waals surface area contributed by atoms with Crippen molar-refractivity contribution in [3.05, 3.63) is 0 Å². The highest BCUT2D eigenvalue weighted by atomic mass is 16.4. The van der Waals surface area contributed by atoms with Gasteiger partial charge in [-0.1, -0.05) is 39.0 Å². The SMILES string of the molecule is CCC1CCCC(NC2CCCC2)(C(=O)O)CC1. The summed E-state index contributed by atoms with van der Waals surface area (Å²) < 4.78 is 0. The summed E-state index contributed by atoms with van der Waals surface area (Å²) in [5.74, 6) is 0.114. The monoisotopic (exact) mass is 253 g/mol. The Morgan fingerprint density at radius 2 is 1.89 bits per heavy atom. The highest BCUT2D eigenvalue weighted by molar-refractivity contribution is 5.78. The standard InChI is InChI=1S/C15H27NO2/c1-2-12-6-5-10-15(11-9-12,14(17)18)16-13-7-3-4-8-13/h12-13,16H,2-11H2,1H3,(H,17,18). The molecule has 104 valence electrons. The van der Waals surface area contributed by atoms with Crippen molar-refractivity contribution in [2.45, 2.75) is 82.7 Å². The summed E-state index contributed by atoms with van der Waals surface area (Å²) >= 11 is 0. The number of carbonyl (C=O) groups is 1. The number of carboxylic acids is 1. The van der Waals surface area contributed by atoms with E-state index in [-0.39, 0.29) is 0 Å². The summed E-state index contributed by atoms with van der Waals surface area (Å²) in [6.07, 6.45) is 11.0. The van der Waals surface area contributed by atoms with Crippen molar-refractivity contribution < 1.29 is 9.90 Å². The lowest BCUT2D eigenvalue weighted by atomic mass is 9.88. The molecule has 0 aromatic rings. The van der Waals surface area contributed by atoms with Crippen LogP contribution in [0, 0.1) is 5.92 Å². The summed E-state index contributed by atoms with van der Waals surface area (Å²) in [6.45, 7) is 2.23. The first kappa shape index (κ1) is 13.9. The van der Waals surface area contributed by atoms with Crippen LogP contribution in [-0.4, -0.2) is 22.7 Å². The number of hydrogen-bond donors (Lipinski definition) is 2. The number of rotatable bonds is 4. The molecule has 0 heterocycles. The van der Waals surface area contributed by atoms with Gasteiger partial charge in [0, 0.05) is 6.04 Å². The quantitative estimate of drug-likeness (QED) is 0.756. The van der Waals surface area contributed by atoms with Crippen LogP contribution in [0.3, 0.4) is 0 Å². The first-order valence-electron chi connectivity index (χ1n) is 7.67. The molecule has 0 aromatic carbocycles. The smallest absolute Gasteiger partial charge is 0.323 e. The molecule has 0 aromatic heterocycles. The normalized spacial score (nSPS) is 34.4. The molecule has 0 spiro atoms. The van der Waals surface area contributed by atoms with Crippen LogP contribution in [0.4, 0.5) is 0 Å². The van der Waals surface area contributed by atoms with E-state index < -0.39 is 11.5 Å². The van der Waals surface area contributed by atoms with Gasteiger partial charge in [0.15, 0.2) is 0 Å². The molecule has 2 rings (SSSR count). The molecule has 2 fully saturated rings. The van der Waals surface area contributed by atoms with Crippen molar-refractivity contribution in [3.8, 4) is 0 Å². The Morgan fingerprint density at radius 1 is 1.17 bits per heavy atom. The topological polar surface area (TPSA) is 49.3 Å². The molecule has 0 radical (unpaired) electrons. The zero-order chi connectivity index (χ0) is 13.0. The van der Waals surface area contributed by atoms with E-state index >= 15 is 0 Å². The Bertz CT molecular complexity index is 286. The molecular weight excluding hydrogens is 226 g/mol. The second kappa shape index (κ2) is 6.05. The highest BCUT2D eigenvalue weighted by Crippen LogP contribution is 2.34. The average Bonchev–Trinajstić information content (AvgIpc) is 2.75. The lowest BCUT2D eigenvalue weighted by molar-refractivity contribution is -0.146. The summed E-state index contributed by atoms with van der Waals surface area (Å²) in [5.41, 5.74) is -0.626. The van der Waals surface area contributed by atoms with Gasteiger partial charge in [0.05, 0.1) is 0 Å². The van der Waals surface area contributed by atoms with Crippen LogP contribution in [0.25, 0.3) is 0 Å². The molecule has 18 heavy (non-hydrogen) atoms. The van der Waals surface area contributed by atoms with Gasteiger partial charge in [-0.2, -0.15) is 0 Å². The maximum Gasteiger partial charge on any atom is 0.323 e. The van der Waals surface area contributed by atoms with Crippen molar-refractivity contribution in [2.24, 2.45) is 5.92 Å². The summed E-state index contributed by atoms with van der Waals surface area (Å²) in [4.78, 5) is 11.7. The number of hydrogen-bond acceptors (Lipinski definition) is 2. The van der Waals surface area contributed by atoms with Gasteiger partial charge in [-0.05, 0) is 38.0 Å². The van der Waals surface area contributed by atoms with E-state index in [0.717, 1.165) is 44.4 Å². The fraction of sp³-hybridized carbons (Fsp3) is 0.933. The van der Waals surface area contributed by atoms with Gasteiger partial charge in [0.25, 0.3) is 0 Å². The Labute approximate surface area is 110 Å². The number of aliphatic carboxylic acids is 1. The maximum absolute atomic E-state index is 11.7. The van der Waals surface area contributed by atoms with E-state index in [4.69, 9.17) is 0 Å². The van der Waals surface area contributed by atoms with Crippen molar-refractivity contribution >= 4 is 5.97 Å². The van der Waals surface area contributed by atoms with Gasteiger partial charge in [-0.15, -0.1) is 0 Å². The van der Waals surface area contributed by atoms with Gasteiger partial charge < -0.3 is 5.11 Å². The van der Waals surface area contributed by atoms with E-state index in [2.05, 4.69) is 12.2 Å². The zero-order valence-corrected chi connectivity index (χ0v) is 11.6. The molecule has 2 aliphatic rings. The van der Waals surface area contributed by atoms with Crippen LogP contribution >= 0.6 is 0 Å². The predicted octanol–water partition coefficient (Wildman–Crippen LogP) is 3.33. The molecule has 2 unspecified atom stereocenters. The Hall–Kier alpha value is -0.570. The molecule has 0 aliphatic heterocycles. The average molecular weight is 253 g/mol. The van der Waals surface area contributed by atoms with Gasteiger partial charge in [0.1, 0.15) is 5.54 Å². The van der Waals surface area contributed by atoms with Crippen LogP contribution in [0.1, 0.15) is 71.1 Å². The molecule has 3 nitrogen and oxygen atoms in total. The third-order valence-electron chi connectivity index (χ3n) is 5.02. The minimum absolute atomic E-state index is 0.444. The fourth-order valence-corrected chi connectivity index (χ4v) is 3.70. The van der Waals surface area contributed by atoms with E-state index in [9.17, 15) is 9.90 Å². The second-order valence-corrected chi connectivity index (χ2v) is 6.22. The molecule has 2 saturated carbocycles. The highest BCUT2D eigenvalue weighted by Gasteiger charge is 2.41. The van der Waals surface area contributed by atoms with Gasteiger partial charge in [-0.25, -0.2) is 0 Å². The Kier molecular flexibility index (Phi) is 4.66. The summed E-state index contributed by atoms with van der Waals surface area (Å²) in [7, 11) is 0. The second-order valence-electron chi connectivity index (χ2n) is 6.22. The molecule has 0 amide bonds. The van der Waals surface area contributed by atoms with Crippen LogP contribution in [0.2, 0.25) is 0 Å². The molecule has 2 aliphatic carbocycles. The molecule has 2 atom stereocenters. The third-order valence-corrected chi connectivity index (χ3v) is 5.02. The third kappa shape index (κ3) is 3.05. The van der Waals surface area contributed by atoms with Gasteiger partial charge in [-0.3, -0.25) is 10.1 Å². The molecule has 3 heteroatoms. The van der Waals surface area contributed by atoms with Crippen molar-refractivity contribution in [3.63, 3.8) is 0 Å². The minimum Gasteiger partial charge on any atom is -0.480 e.